The third kappa shape index (κ3) is 3.51. The number of urea groups is 1. The number of hydrogen-bond acceptors (Lipinski definition) is 4. The summed E-state index contributed by atoms with van der Waals surface area (Å²) < 4.78 is 4.99. The van der Waals surface area contributed by atoms with E-state index in [0.29, 0.717) is 11.4 Å². The van der Waals surface area contributed by atoms with Gasteiger partial charge in [-0.05, 0) is 24.6 Å². The first-order valence-electron chi connectivity index (χ1n) is 8.29. The van der Waals surface area contributed by atoms with Gasteiger partial charge in [-0.15, -0.1) is 0 Å². The number of esters is 1. The Morgan fingerprint density at radius 3 is 2.54 bits per heavy atom. The average Bonchev–Trinajstić information content (AvgIpc) is 2.66. The molecule has 1 atom stereocenters. The molecule has 134 valence electrons. The van der Waals surface area contributed by atoms with Crippen molar-refractivity contribution in [3.63, 3.8) is 0 Å². The Morgan fingerprint density at radius 2 is 1.81 bits per heavy atom. The highest BCUT2D eigenvalue weighted by atomic mass is 16.5. The highest BCUT2D eigenvalue weighted by Crippen LogP contribution is 2.32. The maximum absolute atomic E-state index is 12.8. The molecule has 1 aliphatic rings. The van der Waals surface area contributed by atoms with Gasteiger partial charge in [0.15, 0.2) is 0 Å². The van der Waals surface area contributed by atoms with E-state index in [1.807, 2.05) is 30.3 Å². The minimum Gasteiger partial charge on any atom is -0.464 e. The zero-order valence-electron chi connectivity index (χ0n) is 14.3. The molecule has 0 aliphatic carbocycles. The number of fused-ring (bicyclic) bond motifs is 1. The predicted molar refractivity (Wildman–Crippen MR) is 96.6 cm³/mol. The minimum absolute atomic E-state index is 0.115. The molecule has 0 bridgehead atoms. The number of amides is 3. The molecule has 2 N–H and O–H groups in total. The zero-order valence-corrected chi connectivity index (χ0v) is 14.3. The Labute approximate surface area is 150 Å². The van der Waals surface area contributed by atoms with E-state index in [1.165, 1.54) is 0 Å². The molecule has 1 heterocycles. The Kier molecular flexibility index (Phi) is 5.17. The van der Waals surface area contributed by atoms with E-state index < -0.39 is 23.9 Å². The maximum atomic E-state index is 12.8. The van der Waals surface area contributed by atoms with Crippen molar-refractivity contribution in [3.05, 3.63) is 60.2 Å². The van der Waals surface area contributed by atoms with Crippen molar-refractivity contribution in [3.8, 4) is 0 Å². The number of nitrogens with one attached hydrogen (secondary N) is 2. The molecule has 3 amide bonds. The number of nitrogens with zero attached hydrogens (tertiary/aromatic N) is 1. The van der Waals surface area contributed by atoms with E-state index in [2.05, 4.69) is 10.6 Å². The van der Waals surface area contributed by atoms with Crippen molar-refractivity contribution < 1.29 is 19.1 Å². The lowest BCUT2D eigenvalue weighted by Crippen LogP contribution is -2.58. The fourth-order valence-corrected chi connectivity index (χ4v) is 2.77. The summed E-state index contributed by atoms with van der Waals surface area (Å²) in [4.78, 5) is 38.7. The zero-order chi connectivity index (χ0) is 18.5. The number of rotatable bonds is 4. The highest BCUT2D eigenvalue weighted by Gasteiger charge is 2.42. The SMILES string of the molecule is CCOC(=O)C1C(=O)Nc2ccccc2N1C(=O)NCc1ccccc1. The number of anilines is 2. The van der Waals surface area contributed by atoms with Crippen LogP contribution in [0.1, 0.15) is 12.5 Å². The number of benzene rings is 2. The third-order valence-electron chi connectivity index (χ3n) is 3.94. The van der Waals surface area contributed by atoms with E-state index >= 15 is 0 Å². The van der Waals surface area contributed by atoms with Crippen molar-refractivity contribution in [1.29, 1.82) is 0 Å². The molecular weight excluding hydrogens is 334 g/mol. The molecular formula is C19H19N3O4. The van der Waals surface area contributed by atoms with Crippen LogP contribution < -0.4 is 15.5 Å². The van der Waals surface area contributed by atoms with Crippen molar-refractivity contribution in [1.82, 2.24) is 5.32 Å². The van der Waals surface area contributed by atoms with E-state index in [9.17, 15) is 14.4 Å². The van der Waals surface area contributed by atoms with Crippen LogP contribution in [0, 0.1) is 0 Å². The molecule has 7 nitrogen and oxygen atoms in total. The van der Waals surface area contributed by atoms with Gasteiger partial charge in [0.2, 0.25) is 6.04 Å². The van der Waals surface area contributed by atoms with Crippen LogP contribution in [-0.4, -0.2) is 30.6 Å². The van der Waals surface area contributed by atoms with Crippen LogP contribution in [0.4, 0.5) is 16.2 Å². The lowest BCUT2D eigenvalue weighted by molar-refractivity contribution is -0.147. The second-order valence-corrected chi connectivity index (χ2v) is 5.68. The molecule has 0 saturated carbocycles. The summed E-state index contributed by atoms with van der Waals surface area (Å²) in [5, 5.41) is 5.40. The molecule has 0 saturated heterocycles. The summed E-state index contributed by atoms with van der Waals surface area (Å²) in [5.74, 6) is -1.37. The Morgan fingerprint density at radius 1 is 1.12 bits per heavy atom. The Bertz CT molecular complexity index is 823. The Hall–Kier alpha value is -3.35. The van der Waals surface area contributed by atoms with Gasteiger partial charge in [0.05, 0.1) is 18.0 Å². The summed E-state index contributed by atoms with van der Waals surface area (Å²) in [6.45, 7) is 2.03. The first-order chi connectivity index (χ1) is 12.6. The summed E-state index contributed by atoms with van der Waals surface area (Å²) in [7, 11) is 0. The van der Waals surface area contributed by atoms with Crippen LogP contribution >= 0.6 is 0 Å². The number of carbonyl (C=O) groups excluding carboxylic acids is 3. The lowest BCUT2D eigenvalue weighted by Gasteiger charge is -2.34. The molecule has 0 spiro atoms. The van der Waals surface area contributed by atoms with Gasteiger partial charge < -0.3 is 15.4 Å². The Balaban J connectivity index is 1.89. The van der Waals surface area contributed by atoms with Gasteiger partial charge in [-0.2, -0.15) is 0 Å². The number of para-hydroxylation sites is 2. The summed E-state index contributed by atoms with van der Waals surface area (Å²) in [6, 6.07) is 14.3. The molecule has 1 aliphatic heterocycles. The van der Waals surface area contributed by atoms with Crippen LogP contribution in [0.15, 0.2) is 54.6 Å². The largest absolute Gasteiger partial charge is 0.464 e. The van der Waals surface area contributed by atoms with Gasteiger partial charge in [-0.1, -0.05) is 42.5 Å². The number of carbonyl (C=O) groups is 3. The highest BCUT2D eigenvalue weighted by molar-refractivity contribution is 6.20. The van der Waals surface area contributed by atoms with Crippen molar-refractivity contribution in [2.24, 2.45) is 0 Å². The predicted octanol–water partition coefficient (Wildman–Crippen LogP) is 2.29. The van der Waals surface area contributed by atoms with Gasteiger partial charge in [-0.3, -0.25) is 9.69 Å². The van der Waals surface area contributed by atoms with E-state index in [0.717, 1.165) is 10.5 Å². The molecule has 26 heavy (non-hydrogen) atoms. The summed E-state index contributed by atoms with van der Waals surface area (Å²) in [6.07, 6.45) is 0. The molecule has 0 radical (unpaired) electrons. The molecule has 7 heteroatoms. The molecule has 3 rings (SSSR count). The second kappa shape index (κ2) is 7.69. The smallest absolute Gasteiger partial charge is 0.339 e. The van der Waals surface area contributed by atoms with Gasteiger partial charge in [0, 0.05) is 6.54 Å². The van der Waals surface area contributed by atoms with Gasteiger partial charge in [0.1, 0.15) is 0 Å². The van der Waals surface area contributed by atoms with Gasteiger partial charge >= 0.3 is 12.0 Å². The molecule has 0 aromatic heterocycles. The van der Waals surface area contributed by atoms with E-state index in [1.54, 1.807) is 31.2 Å². The number of ether oxygens (including phenoxy) is 1. The van der Waals surface area contributed by atoms with Gasteiger partial charge in [-0.25, -0.2) is 9.59 Å². The van der Waals surface area contributed by atoms with Crippen molar-refractivity contribution in [2.75, 3.05) is 16.8 Å². The second-order valence-electron chi connectivity index (χ2n) is 5.68. The molecule has 2 aromatic carbocycles. The molecule has 2 aromatic rings. The standard InChI is InChI=1S/C19H19N3O4/c1-2-26-18(24)16-17(23)21-14-10-6-7-11-15(14)22(16)19(25)20-12-13-8-4-3-5-9-13/h3-11,16H,2,12H2,1H3,(H,20,25)(H,21,23). The molecule has 0 fully saturated rings. The fraction of sp³-hybridized carbons (Fsp3) is 0.211. The summed E-state index contributed by atoms with van der Waals surface area (Å²) >= 11 is 0. The normalized spacial score (nSPS) is 15.7. The van der Waals surface area contributed by atoms with Gasteiger partial charge in [0.25, 0.3) is 5.91 Å². The molecule has 1 unspecified atom stereocenters. The van der Waals surface area contributed by atoms with Crippen molar-refractivity contribution in [2.45, 2.75) is 19.5 Å². The van der Waals surface area contributed by atoms with Crippen LogP contribution in [-0.2, 0) is 20.9 Å². The van der Waals surface area contributed by atoms with E-state index in [-0.39, 0.29) is 13.2 Å². The lowest BCUT2D eigenvalue weighted by atomic mass is 10.1. The first-order valence-corrected chi connectivity index (χ1v) is 8.29. The van der Waals surface area contributed by atoms with Crippen LogP contribution in [0.5, 0.6) is 0 Å². The van der Waals surface area contributed by atoms with Crippen LogP contribution in [0.3, 0.4) is 0 Å². The number of hydrogen-bond donors (Lipinski definition) is 2. The van der Waals surface area contributed by atoms with E-state index in [4.69, 9.17) is 4.74 Å². The summed E-state index contributed by atoms with van der Waals surface area (Å²) in [5.41, 5.74) is 1.81. The maximum Gasteiger partial charge on any atom is 0.339 e. The van der Waals surface area contributed by atoms with Crippen molar-refractivity contribution >= 4 is 29.3 Å². The van der Waals surface area contributed by atoms with Crippen LogP contribution in [0.25, 0.3) is 0 Å². The van der Waals surface area contributed by atoms with Crippen LogP contribution in [0.2, 0.25) is 0 Å². The monoisotopic (exact) mass is 353 g/mol. The minimum atomic E-state index is -1.37. The first kappa shape index (κ1) is 17.5. The average molecular weight is 353 g/mol. The fourth-order valence-electron chi connectivity index (χ4n) is 2.77. The third-order valence-corrected chi connectivity index (χ3v) is 3.94. The quantitative estimate of drug-likeness (QED) is 0.652. The topological polar surface area (TPSA) is 87.7 Å².